The average molecular weight is 589 g/mol. The third kappa shape index (κ3) is 7.30. The Balaban J connectivity index is 2.53. The van der Waals surface area contributed by atoms with E-state index in [4.69, 9.17) is 21.9 Å². The van der Waals surface area contributed by atoms with Crippen molar-refractivity contribution in [2.45, 2.75) is 89.2 Å². The molecule has 230 valence electrons. The fourth-order valence-electron chi connectivity index (χ4n) is 5.68. The van der Waals surface area contributed by atoms with Crippen molar-refractivity contribution in [1.82, 2.24) is 4.90 Å². The Labute approximate surface area is 237 Å². The van der Waals surface area contributed by atoms with Crippen molar-refractivity contribution in [2.24, 2.45) is 17.2 Å². The summed E-state index contributed by atoms with van der Waals surface area (Å²) in [6.07, 6.45) is -0.865. The topological polar surface area (TPSA) is 179 Å². The summed E-state index contributed by atoms with van der Waals surface area (Å²) in [4.78, 5) is 53.4. The number of hydrogen-bond donors (Lipinski definition) is 4. The first-order chi connectivity index (χ1) is 19.2. The number of carboxylic acid groups (broad SMARTS) is 1. The molecule has 1 fully saturated rings. The molecule has 1 aliphatic heterocycles. The number of rotatable bonds is 14. The quantitative estimate of drug-likeness (QED) is 0.0829. The normalized spacial score (nSPS) is 23.4. The minimum atomic E-state index is -1.84. The van der Waals surface area contributed by atoms with Gasteiger partial charge in [0.25, 0.3) is 0 Å². The van der Waals surface area contributed by atoms with Crippen molar-refractivity contribution in [3.8, 4) is 0 Å². The SMILES string of the molecule is CCO[C@](C=O)(CCCCN)N(C(=O)C[C@H](N)Cc1cc(F)c(F)cc1F)[C@H]1CC(C)[N+](C(=O)O)(C(=O)C(C)N)C1. The lowest BCUT2D eigenvalue weighted by Crippen LogP contribution is -2.65. The minimum Gasteiger partial charge on any atom is -0.435 e. The van der Waals surface area contributed by atoms with Crippen molar-refractivity contribution in [3.63, 3.8) is 0 Å². The molecule has 0 radical (unpaired) electrons. The number of quaternary nitrogens is 1. The second-order valence-corrected chi connectivity index (χ2v) is 10.6. The molecule has 0 bridgehead atoms. The third-order valence-corrected chi connectivity index (χ3v) is 7.61. The number of carbonyl (C=O) groups excluding carboxylic acids is 3. The van der Waals surface area contributed by atoms with E-state index in [0.717, 1.165) is 4.90 Å². The average Bonchev–Trinajstić information content (AvgIpc) is 3.24. The molecule has 41 heavy (non-hydrogen) atoms. The number of hydrogen-bond acceptors (Lipinski definition) is 8. The van der Waals surface area contributed by atoms with Gasteiger partial charge >= 0.3 is 12.0 Å². The largest absolute Gasteiger partial charge is 0.521 e. The van der Waals surface area contributed by atoms with Gasteiger partial charge in [-0.15, -0.1) is 0 Å². The van der Waals surface area contributed by atoms with E-state index in [1.807, 2.05) is 0 Å². The fraction of sp³-hybridized carbons (Fsp3) is 0.630. The highest BCUT2D eigenvalue weighted by atomic mass is 19.2. The zero-order valence-corrected chi connectivity index (χ0v) is 23.7. The van der Waals surface area contributed by atoms with Gasteiger partial charge in [0.2, 0.25) is 5.91 Å². The molecule has 6 atom stereocenters. The molecule has 0 spiro atoms. The first kappa shape index (κ1) is 34.3. The maximum Gasteiger partial charge on any atom is 0.521 e. The zero-order chi connectivity index (χ0) is 31.1. The number of ether oxygens (including phenoxy) is 1. The molecule has 0 aliphatic carbocycles. The Morgan fingerprint density at radius 1 is 1.20 bits per heavy atom. The predicted octanol–water partition coefficient (Wildman–Crippen LogP) is 1.78. The molecule has 0 saturated carbocycles. The second-order valence-electron chi connectivity index (χ2n) is 10.6. The summed E-state index contributed by atoms with van der Waals surface area (Å²) in [5.74, 6) is -5.17. The van der Waals surface area contributed by atoms with E-state index in [9.17, 15) is 37.5 Å². The number of likely N-dealkylation sites (tertiary alicyclic amines) is 1. The van der Waals surface area contributed by atoms with Gasteiger partial charge in [0.1, 0.15) is 24.4 Å². The molecule has 1 aromatic carbocycles. The van der Waals surface area contributed by atoms with Crippen LogP contribution in [-0.4, -0.2) is 88.3 Å². The number of imide groups is 1. The lowest BCUT2D eigenvalue weighted by molar-refractivity contribution is -0.793. The first-order valence-corrected chi connectivity index (χ1v) is 13.6. The van der Waals surface area contributed by atoms with Gasteiger partial charge in [-0.25, -0.2) is 18.0 Å². The Kier molecular flexibility index (Phi) is 12.0. The van der Waals surface area contributed by atoms with E-state index in [1.54, 1.807) is 13.8 Å². The van der Waals surface area contributed by atoms with Crippen molar-refractivity contribution in [2.75, 3.05) is 19.7 Å². The van der Waals surface area contributed by atoms with Crippen LogP contribution in [0.3, 0.4) is 0 Å². The van der Waals surface area contributed by atoms with Gasteiger partial charge in [0.05, 0.1) is 6.04 Å². The van der Waals surface area contributed by atoms with E-state index >= 15 is 0 Å². The minimum absolute atomic E-state index is 0.0111. The van der Waals surface area contributed by atoms with Crippen LogP contribution in [0, 0.1) is 17.5 Å². The van der Waals surface area contributed by atoms with E-state index < -0.39 is 76.2 Å². The van der Waals surface area contributed by atoms with E-state index in [1.165, 1.54) is 6.92 Å². The standard InChI is InChI=1S/C27H40F3N5O6/c1-4-41-27(15-36,7-5-6-8-31)34(20-9-16(2)35(14-20,26(39)40)25(38)17(3)32)24(37)12-19(33)10-18-11-22(29)23(30)13-21(18)28/h11,13,15-17,19-20H,4-10,12,14,31-33H2,1-3H3/p+1/t16?,17?,19-,20+,27+,35?/m1/s1. The van der Waals surface area contributed by atoms with Gasteiger partial charge in [-0.2, -0.15) is 9.28 Å². The Bertz CT molecular complexity index is 1130. The number of nitrogens with two attached hydrogens (primary N) is 3. The highest BCUT2D eigenvalue weighted by Crippen LogP contribution is 2.37. The third-order valence-electron chi connectivity index (χ3n) is 7.61. The van der Waals surface area contributed by atoms with Gasteiger partial charge in [-0.1, -0.05) is 0 Å². The summed E-state index contributed by atoms with van der Waals surface area (Å²) in [7, 11) is 0. The number of halogens is 3. The number of amides is 3. The second kappa shape index (κ2) is 14.3. The zero-order valence-electron chi connectivity index (χ0n) is 23.7. The highest BCUT2D eigenvalue weighted by Gasteiger charge is 2.61. The van der Waals surface area contributed by atoms with Gasteiger partial charge < -0.3 is 27.0 Å². The number of carbonyl (C=O) groups is 4. The summed E-state index contributed by atoms with van der Waals surface area (Å²) >= 11 is 0. The van der Waals surface area contributed by atoms with E-state index in [2.05, 4.69) is 0 Å². The molecule has 1 saturated heterocycles. The summed E-state index contributed by atoms with van der Waals surface area (Å²) in [5.41, 5.74) is 15.5. The molecule has 14 heteroatoms. The molecule has 7 N–H and O–H groups in total. The van der Waals surface area contributed by atoms with Crippen LogP contribution in [0.15, 0.2) is 12.1 Å². The molecule has 11 nitrogen and oxygen atoms in total. The van der Waals surface area contributed by atoms with Crippen LogP contribution in [0.25, 0.3) is 0 Å². The molecule has 1 aromatic rings. The van der Waals surface area contributed by atoms with Crippen LogP contribution in [-0.2, 0) is 25.5 Å². The van der Waals surface area contributed by atoms with Gasteiger partial charge in [-0.05, 0) is 58.2 Å². The summed E-state index contributed by atoms with van der Waals surface area (Å²) < 4.78 is 46.2. The smallest absolute Gasteiger partial charge is 0.435 e. The lowest BCUT2D eigenvalue weighted by Gasteiger charge is -2.43. The number of unbranched alkanes of at least 4 members (excludes halogenated alkanes) is 1. The molecule has 1 heterocycles. The number of nitrogens with zero attached hydrogens (tertiary/aromatic N) is 2. The van der Waals surface area contributed by atoms with Crippen LogP contribution in [0.1, 0.15) is 58.4 Å². The van der Waals surface area contributed by atoms with Gasteiger partial charge in [0.15, 0.2) is 23.6 Å². The molecule has 3 unspecified atom stereocenters. The summed E-state index contributed by atoms with van der Waals surface area (Å²) in [6, 6.07) is -2.95. The fourth-order valence-corrected chi connectivity index (χ4v) is 5.68. The number of benzene rings is 1. The van der Waals surface area contributed by atoms with Crippen LogP contribution >= 0.6 is 0 Å². The maximum atomic E-state index is 14.3. The first-order valence-electron chi connectivity index (χ1n) is 13.6. The molecule has 0 aromatic heterocycles. The molecular weight excluding hydrogens is 547 g/mol. The van der Waals surface area contributed by atoms with Gasteiger partial charge in [-0.3, -0.25) is 14.5 Å². The van der Waals surface area contributed by atoms with E-state index in [0.29, 0.717) is 37.8 Å². The Morgan fingerprint density at radius 2 is 1.83 bits per heavy atom. The summed E-state index contributed by atoms with van der Waals surface area (Å²) in [6.45, 7) is 4.48. The Hall–Kier alpha value is -2.91. The van der Waals surface area contributed by atoms with Crippen molar-refractivity contribution in [1.29, 1.82) is 0 Å². The molecule has 1 aliphatic rings. The van der Waals surface area contributed by atoms with Crippen LogP contribution in [0.4, 0.5) is 18.0 Å². The molecule has 3 amide bonds. The Morgan fingerprint density at radius 3 is 2.37 bits per heavy atom. The molecule has 2 rings (SSSR count). The van der Waals surface area contributed by atoms with Crippen molar-refractivity contribution >= 4 is 24.2 Å². The highest BCUT2D eigenvalue weighted by molar-refractivity contribution is 5.85. The number of aldehydes is 1. The van der Waals surface area contributed by atoms with Crippen molar-refractivity contribution in [3.05, 3.63) is 35.1 Å². The van der Waals surface area contributed by atoms with Crippen LogP contribution < -0.4 is 17.2 Å². The summed E-state index contributed by atoms with van der Waals surface area (Å²) in [5, 5.41) is 10.2. The lowest BCUT2D eigenvalue weighted by atomic mass is 9.97. The van der Waals surface area contributed by atoms with Crippen LogP contribution in [0.5, 0.6) is 0 Å². The van der Waals surface area contributed by atoms with Gasteiger partial charge in [0, 0.05) is 38.0 Å². The predicted molar refractivity (Wildman–Crippen MR) is 142 cm³/mol. The van der Waals surface area contributed by atoms with E-state index in [-0.39, 0.29) is 38.0 Å². The maximum absolute atomic E-state index is 14.3. The van der Waals surface area contributed by atoms with Crippen molar-refractivity contribution < 1.29 is 46.7 Å². The molecular formula is C27H41F3N5O6+. The van der Waals surface area contributed by atoms with Crippen LogP contribution in [0.2, 0.25) is 0 Å². The monoisotopic (exact) mass is 588 g/mol.